The van der Waals surface area contributed by atoms with E-state index in [2.05, 4.69) is 51.3 Å². The second-order valence-corrected chi connectivity index (χ2v) is 7.29. The second-order valence-electron chi connectivity index (χ2n) is 7.29. The normalized spacial score (nSPS) is 13.4. The van der Waals surface area contributed by atoms with Gasteiger partial charge in [0.25, 0.3) is 0 Å². The van der Waals surface area contributed by atoms with E-state index in [0.717, 1.165) is 18.7 Å². The van der Waals surface area contributed by atoms with Crippen LogP contribution in [-0.4, -0.2) is 27.0 Å². The van der Waals surface area contributed by atoms with E-state index in [1.165, 1.54) is 27.7 Å². The molecule has 0 saturated carbocycles. The summed E-state index contributed by atoms with van der Waals surface area (Å²) in [5, 5.41) is 4.18. The molecule has 0 bridgehead atoms. The van der Waals surface area contributed by atoms with Gasteiger partial charge in [0.1, 0.15) is 5.76 Å². The average molecular weight is 386 g/mol. The van der Waals surface area contributed by atoms with E-state index in [1.807, 2.05) is 29.4 Å². The van der Waals surface area contributed by atoms with Crippen LogP contribution in [0.4, 0.5) is 4.79 Å². The molecule has 4 aromatic rings. The molecule has 1 aliphatic rings. The number of rotatable bonds is 4. The van der Waals surface area contributed by atoms with Crippen LogP contribution in [0.5, 0.6) is 0 Å². The molecule has 6 heteroatoms. The summed E-state index contributed by atoms with van der Waals surface area (Å²) < 4.78 is 7.69. The molecular weight excluding hydrogens is 364 g/mol. The maximum Gasteiger partial charge on any atom is 0.318 e. The van der Waals surface area contributed by atoms with Crippen LogP contribution in [0.2, 0.25) is 0 Å². The number of carbonyl (C=O) groups excluding carboxylic acids is 1. The Morgan fingerprint density at radius 1 is 1.10 bits per heavy atom. The number of pyridine rings is 1. The molecule has 5 rings (SSSR count). The zero-order valence-electron chi connectivity index (χ0n) is 16.0. The van der Waals surface area contributed by atoms with Crippen molar-refractivity contribution in [3.05, 3.63) is 89.8 Å². The number of fused-ring (bicyclic) bond motifs is 3. The second kappa shape index (κ2) is 7.47. The van der Waals surface area contributed by atoms with Crippen LogP contribution in [0, 0.1) is 0 Å². The van der Waals surface area contributed by atoms with E-state index in [0.29, 0.717) is 19.6 Å². The highest BCUT2D eigenvalue weighted by Crippen LogP contribution is 2.31. The number of aromatic nitrogens is 2. The number of nitrogens with zero attached hydrogens (tertiary/aromatic N) is 3. The van der Waals surface area contributed by atoms with Crippen molar-refractivity contribution in [1.82, 2.24) is 19.8 Å². The lowest BCUT2D eigenvalue weighted by Gasteiger charge is -2.28. The minimum atomic E-state index is -0.0574. The van der Waals surface area contributed by atoms with Crippen molar-refractivity contribution in [3.63, 3.8) is 0 Å². The van der Waals surface area contributed by atoms with E-state index in [1.54, 1.807) is 6.26 Å². The first-order valence-corrected chi connectivity index (χ1v) is 9.82. The number of urea groups is 1. The number of amides is 2. The summed E-state index contributed by atoms with van der Waals surface area (Å²) in [6.45, 7) is 2.52. The maximum absolute atomic E-state index is 12.7. The zero-order valence-corrected chi connectivity index (χ0v) is 16.0. The minimum absolute atomic E-state index is 0.0574. The number of furan rings is 1. The number of hydrogen-bond acceptors (Lipinski definition) is 3. The van der Waals surface area contributed by atoms with Gasteiger partial charge in [-0.1, -0.05) is 18.2 Å². The standard InChI is InChI=1S/C23H22N4O2/c28-23(25-14-18-4-3-13-29-18)26-12-9-22-20(16-26)19-5-1-2-6-21(19)27(22)15-17-7-10-24-11-8-17/h1-8,10-11,13H,9,12,14-16H2,(H,25,28). The van der Waals surface area contributed by atoms with Gasteiger partial charge in [-0.3, -0.25) is 4.98 Å². The highest BCUT2D eigenvalue weighted by Gasteiger charge is 2.26. The van der Waals surface area contributed by atoms with Crippen LogP contribution in [0.25, 0.3) is 10.9 Å². The number of nitrogens with one attached hydrogen (secondary N) is 1. The fraction of sp³-hybridized carbons (Fsp3) is 0.217. The topological polar surface area (TPSA) is 63.3 Å². The Hall–Kier alpha value is -3.54. The van der Waals surface area contributed by atoms with Crippen molar-refractivity contribution in [2.45, 2.75) is 26.1 Å². The molecule has 6 nitrogen and oxygen atoms in total. The van der Waals surface area contributed by atoms with Crippen molar-refractivity contribution in [2.75, 3.05) is 6.54 Å². The third-order valence-electron chi connectivity index (χ3n) is 5.53. The minimum Gasteiger partial charge on any atom is -0.467 e. The lowest BCUT2D eigenvalue weighted by atomic mass is 10.0. The van der Waals surface area contributed by atoms with Gasteiger partial charge in [-0.15, -0.1) is 0 Å². The molecule has 0 radical (unpaired) electrons. The Labute approximate surface area is 168 Å². The number of hydrogen-bond donors (Lipinski definition) is 1. The Bertz CT molecular complexity index is 1130. The summed E-state index contributed by atoms with van der Waals surface area (Å²) in [6.07, 6.45) is 6.12. The molecule has 1 aliphatic heterocycles. The van der Waals surface area contributed by atoms with Gasteiger partial charge in [0, 0.05) is 60.6 Å². The van der Waals surface area contributed by atoms with Crippen LogP contribution in [0.1, 0.15) is 22.6 Å². The van der Waals surface area contributed by atoms with E-state index in [4.69, 9.17) is 4.42 Å². The molecule has 0 atom stereocenters. The molecule has 0 saturated heterocycles. The summed E-state index contributed by atoms with van der Waals surface area (Å²) in [7, 11) is 0. The highest BCUT2D eigenvalue weighted by atomic mass is 16.3. The summed E-state index contributed by atoms with van der Waals surface area (Å²) in [5.74, 6) is 0.755. The van der Waals surface area contributed by atoms with E-state index < -0.39 is 0 Å². The number of para-hydroxylation sites is 1. The molecule has 146 valence electrons. The molecule has 0 spiro atoms. The van der Waals surface area contributed by atoms with Crippen LogP contribution in [-0.2, 0) is 26.1 Å². The van der Waals surface area contributed by atoms with E-state index in [9.17, 15) is 4.79 Å². The van der Waals surface area contributed by atoms with Gasteiger partial charge in [0.15, 0.2) is 0 Å². The van der Waals surface area contributed by atoms with Gasteiger partial charge in [-0.2, -0.15) is 0 Å². The van der Waals surface area contributed by atoms with Crippen LogP contribution >= 0.6 is 0 Å². The van der Waals surface area contributed by atoms with Crippen LogP contribution in [0.15, 0.2) is 71.6 Å². The first kappa shape index (κ1) is 17.6. The third-order valence-corrected chi connectivity index (χ3v) is 5.53. The Kier molecular flexibility index (Phi) is 4.52. The monoisotopic (exact) mass is 386 g/mol. The summed E-state index contributed by atoms with van der Waals surface area (Å²) in [5.41, 5.74) is 5.00. The van der Waals surface area contributed by atoms with Gasteiger partial charge < -0.3 is 19.2 Å². The number of benzene rings is 1. The molecule has 0 unspecified atom stereocenters. The molecule has 29 heavy (non-hydrogen) atoms. The quantitative estimate of drug-likeness (QED) is 0.578. The first-order valence-electron chi connectivity index (χ1n) is 9.82. The van der Waals surface area contributed by atoms with Crippen molar-refractivity contribution in [1.29, 1.82) is 0 Å². The predicted octanol–water partition coefficient (Wildman–Crippen LogP) is 3.95. The smallest absolute Gasteiger partial charge is 0.318 e. The van der Waals surface area contributed by atoms with Gasteiger partial charge in [-0.25, -0.2) is 4.79 Å². The zero-order chi connectivity index (χ0) is 19.6. The Balaban J connectivity index is 1.42. The van der Waals surface area contributed by atoms with Crippen molar-refractivity contribution in [2.24, 2.45) is 0 Å². The molecule has 0 aliphatic carbocycles. The van der Waals surface area contributed by atoms with Gasteiger partial charge in [0.05, 0.1) is 12.8 Å². The molecular formula is C23H22N4O2. The molecule has 1 aromatic carbocycles. The van der Waals surface area contributed by atoms with E-state index in [-0.39, 0.29) is 6.03 Å². The van der Waals surface area contributed by atoms with Crippen molar-refractivity contribution in [3.8, 4) is 0 Å². The van der Waals surface area contributed by atoms with Crippen LogP contribution in [0.3, 0.4) is 0 Å². The Morgan fingerprint density at radius 3 is 2.79 bits per heavy atom. The highest BCUT2D eigenvalue weighted by molar-refractivity contribution is 5.87. The fourth-order valence-electron chi connectivity index (χ4n) is 4.11. The largest absolute Gasteiger partial charge is 0.467 e. The molecule has 1 N–H and O–H groups in total. The SMILES string of the molecule is O=C(NCc1ccco1)N1CCc2c(c3ccccc3n2Cc2ccncc2)C1. The van der Waals surface area contributed by atoms with Crippen molar-refractivity contribution < 1.29 is 9.21 Å². The van der Waals surface area contributed by atoms with E-state index >= 15 is 0 Å². The van der Waals surface area contributed by atoms with Gasteiger partial charge in [-0.05, 0) is 35.9 Å². The molecule has 0 fully saturated rings. The Morgan fingerprint density at radius 2 is 1.97 bits per heavy atom. The van der Waals surface area contributed by atoms with Gasteiger partial charge in [0.2, 0.25) is 0 Å². The average Bonchev–Trinajstić information content (AvgIpc) is 3.40. The fourth-order valence-corrected chi connectivity index (χ4v) is 4.11. The maximum atomic E-state index is 12.7. The molecule has 3 aromatic heterocycles. The predicted molar refractivity (Wildman–Crippen MR) is 110 cm³/mol. The summed E-state index contributed by atoms with van der Waals surface area (Å²) >= 11 is 0. The first-order chi connectivity index (χ1) is 14.3. The molecule has 2 amide bonds. The lowest BCUT2D eigenvalue weighted by Crippen LogP contribution is -2.42. The summed E-state index contributed by atoms with van der Waals surface area (Å²) in [6, 6.07) is 16.2. The van der Waals surface area contributed by atoms with Crippen LogP contribution < -0.4 is 5.32 Å². The lowest BCUT2D eigenvalue weighted by molar-refractivity contribution is 0.190. The summed E-state index contributed by atoms with van der Waals surface area (Å²) in [4.78, 5) is 18.7. The molecule has 4 heterocycles. The van der Waals surface area contributed by atoms with Crippen molar-refractivity contribution >= 4 is 16.9 Å². The van der Waals surface area contributed by atoms with Gasteiger partial charge >= 0.3 is 6.03 Å². The third kappa shape index (κ3) is 3.38. The number of carbonyl (C=O) groups is 1.